The van der Waals surface area contributed by atoms with E-state index in [2.05, 4.69) is 5.10 Å². The molecule has 1 amide bonds. The maximum absolute atomic E-state index is 13.1. The van der Waals surface area contributed by atoms with Gasteiger partial charge in [-0.25, -0.2) is 9.59 Å². The lowest BCUT2D eigenvalue weighted by atomic mass is 9.88. The number of ether oxygens (including phenoxy) is 2. The highest BCUT2D eigenvalue weighted by atomic mass is 35.5. The SMILES string of the molecule is Cn1ccc(COC(=O)N2CCc3ccccc3C2c2cc(Cl)ccc2OCC(=O)O)n1. The molecule has 1 unspecified atom stereocenters. The number of carbonyl (C=O) groups is 2. The van der Waals surface area contributed by atoms with Crippen molar-refractivity contribution in [3.05, 3.63) is 82.1 Å². The van der Waals surface area contributed by atoms with Gasteiger partial charge >= 0.3 is 12.1 Å². The van der Waals surface area contributed by atoms with Gasteiger partial charge in [0.25, 0.3) is 0 Å². The number of carboxylic acid groups (broad SMARTS) is 1. The molecular weight excluding hydrogens is 434 g/mol. The fourth-order valence-electron chi connectivity index (χ4n) is 3.86. The topological polar surface area (TPSA) is 93.9 Å². The van der Waals surface area contributed by atoms with Gasteiger partial charge < -0.3 is 14.6 Å². The second-order valence-corrected chi connectivity index (χ2v) is 7.88. The third-order valence-corrected chi connectivity index (χ3v) is 5.48. The number of rotatable bonds is 6. The molecule has 166 valence electrons. The Kier molecular flexibility index (Phi) is 6.32. The molecule has 1 aliphatic heterocycles. The van der Waals surface area contributed by atoms with Gasteiger partial charge in [0.1, 0.15) is 12.4 Å². The van der Waals surface area contributed by atoms with E-state index in [0.29, 0.717) is 35.0 Å². The Labute approximate surface area is 189 Å². The van der Waals surface area contributed by atoms with Crippen LogP contribution in [0.15, 0.2) is 54.7 Å². The Morgan fingerprint density at radius 3 is 2.75 bits per heavy atom. The van der Waals surface area contributed by atoms with Crippen LogP contribution in [0.5, 0.6) is 5.75 Å². The molecule has 1 aromatic heterocycles. The van der Waals surface area contributed by atoms with Gasteiger partial charge in [-0.05, 0) is 41.8 Å². The first-order valence-corrected chi connectivity index (χ1v) is 10.4. The molecule has 9 heteroatoms. The molecule has 32 heavy (non-hydrogen) atoms. The van der Waals surface area contributed by atoms with Crippen molar-refractivity contribution < 1.29 is 24.2 Å². The number of aryl methyl sites for hydroxylation is 1. The Morgan fingerprint density at radius 2 is 2.00 bits per heavy atom. The Balaban J connectivity index is 1.69. The predicted molar refractivity (Wildman–Crippen MR) is 117 cm³/mol. The molecule has 0 saturated carbocycles. The summed E-state index contributed by atoms with van der Waals surface area (Å²) in [5.74, 6) is -0.748. The summed E-state index contributed by atoms with van der Waals surface area (Å²) < 4.78 is 12.7. The monoisotopic (exact) mass is 455 g/mol. The van der Waals surface area contributed by atoms with Crippen LogP contribution in [-0.4, -0.2) is 45.0 Å². The van der Waals surface area contributed by atoms with Crippen LogP contribution in [0.2, 0.25) is 5.02 Å². The number of nitrogens with zero attached hydrogens (tertiary/aromatic N) is 3. The number of carboxylic acids is 1. The van der Waals surface area contributed by atoms with Gasteiger partial charge in [-0.15, -0.1) is 0 Å². The third kappa shape index (κ3) is 4.70. The van der Waals surface area contributed by atoms with E-state index in [-0.39, 0.29) is 6.61 Å². The molecule has 8 nitrogen and oxygen atoms in total. The van der Waals surface area contributed by atoms with Gasteiger partial charge in [0.2, 0.25) is 0 Å². The fourth-order valence-corrected chi connectivity index (χ4v) is 4.04. The average molecular weight is 456 g/mol. The van der Waals surface area contributed by atoms with Gasteiger partial charge in [-0.3, -0.25) is 9.58 Å². The Hall–Kier alpha value is -3.52. The van der Waals surface area contributed by atoms with Crippen LogP contribution < -0.4 is 4.74 Å². The van der Waals surface area contributed by atoms with Gasteiger partial charge in [-0.1, -0.05) is 35.9 Å². The van der Waals surface area contributed by atoms with Crippen LogP contribution in [0.4, 0.5) is 4.79 Å². The Bertz CT molecular complexity index is 1150. The van der Waals surface area contributed by atoms with Crippen LogP contribution >= 0.6 is 11.6 Å². The minimum atomic E-state index is -1.10. The van der Waals surface area contributed by atoms with E-state index >= 15 is 0 Å². The summed E-state index contributed by atoms with van der Waals surface area (Å²) in [6.07, 6.45) is 1.94. The first kappa shape index (κ1) is 21.7. The molecule has 2 heterocycles. The molecule has 1 aliphatic rings. The van der Waals surface area contributed by atoms with Gasteiger partial charge in [0.15, 0.2) is 6.61 Å². The van der Waals surface area contributed by atoms with E-state index in [1.54, 1.807) is 47.1 Å². The number of aliphatic carboxylic acids is 1. The lowest BCUT2D eigenvalue weighted by molar-refractivity contribution is -0.139. The first-order valence-electron chi connectivity index (χ1n) is 10.1. The van der Waals surface area contributed by atoms with Crippen LogP contribution in [0.25, 0.3) is 0 Å². The van der Waals surface area contributed by atoms with Crippen molar-refractivity contribution in [2.45, 2.75) is 19.1 Å². The van der Waals surface area contributed by atoms with Crippen LogP contribution in [-0.2, 0) is 29.6 Å². The molecule has 3 aromatic rings. The average Bonchev–Trinajstić information content (AvgIpc) is 3.20. The number of hydrogen-bond acceptors (Lipinski definition) is 5. The number of benzene rings is 2. The largest absolute Gasteiger partial charge is 0.482 e. The number of aromatic nitrogens is 2. The van der Waals surface area contributed by atoms with E-state index in [1.165, 1.54) is 0 Å². The molecule has 0 bridgehead atoms. The minimum absolute atomic E-state index is 0.0441. The highest BCUT2D eigenvalue weighted by molar-refractivity contribution is 6.30. The van der Waals surface area contributed by atoms with Crippen molar-refractivity contribution in [1.82, 2.24) is 14.7 Å². The predicted octanol–water partition coefficient (Wildman–Crippen LogP) is 3.82. The number of carbonyl (C=O) groups excluding carboxylic acids is 1. The van der Waals surface area contributed by atoms with E-state index in [0.717, 1.165) is 11.1 Å². The smallest absolute Gasteiger partial charge is 0.410 e. The molecule has 0 saturated heterocycles. The zero-order valence-corrected chi connectivity index (χ0v) is 18.2. The highest BCUT2D eigenvalue weighted by Crippen LogP contribution is 2.40. The molecule has 1 atom stereocenters. The maximum atomic E-state index is 13.1. The van der Waals surface area contributed by atoms with E-state index in [1.807, 2.05) is 24.3 Å². The van der Waals surface area contributed by atoms with E-state index in [9.17, 15) is 9.59 Å². The van der Waals surface area contributed by atoms with Gasteiger partial charge in [-0.2, -0.15) is 5.10 Å². The molecule has 1 N–H and O–H groups in total. The standard InChI is InChI=1S/C23H22ClN3O5/c1-26-10-9-17(25-26)13-32-23(30)27-11-8-15-4-2-3-5-18(15)22(27)19-12-16(24)6-7-20(19)31-14-21(28)29/h2-7,9-10,12,22H,8,11,13-14H2,1H3,(H,28,29). The summed E-state index contributed by atoms with van der Waals surface area (Å²) in [5, 5.41) is 13.8. The van der Waals surface area contributed by atoms with Crippen molar-refractivity contribution in [2.24, 2.45) is 7.05 Å². The quantitative estimate of drug-likeness (QED) is 0.607. The fraction of sp³-hybridized carbons (Fsp3) is 0.261. The minimum Gasteiger partial charge on any atom is -0.482 e. The van der Waals surface area contributed by atoms with Crippen molar-refractivity contribution in [3.63, 3.8) is 0 Å². The van der Waals surface area contributed by atoms with Crippen LogP contribution in [0.1, 0.15) is 28.4 Å². The lowest BCUT2D eigenvalue weighted by Gasteiger charge is -2.37. The number of halogens is 1. The normalized spacial score (nSPS) is 15.2. The van der Waals surface area contributed by atoms with E-state index < -0.39 is 24.7 Å². The second kappa shape index (κ2) is 9.32. The van der Waals surface area contributed by atoms with Crippen molar-refractivity contribution in [1.29, 1.82) is 0 Å². The van der Waals surface area contributed by atoms with Crippen molar-refractivity contribution in [2.75, 3.05) is 13.2 Å². The maximum Gasteiger partial charge on any atom is 0.410 e. The van der Waals surface area contributed by atoms with Crippen molar-refractivity contribution >= 4 is 23.7 Å². The zero-order chi connectivity index (χ0) is 22.7. The molecule has 4 rings (SSSR count). The van der Waals surface area contributed by atoms with Gasteiger partial charge in [0.05, 0.1) is 11.7 Å². The highest BCUT2D eigenvalue weighted by Gasteiger charge is 2.35. The molecule has 0 radical (unpaired) electrons. The summed E-state index contributed by atoms with van der Waals surface area (Å²) in [6.45, 7) is -0.0385. The Morgan fingerprint density at radius 1 is 1.19 bits per heavy atom. The van der Waals surface area contributed by atoms with Crippen LogP contribution in [0, 0.1) is 0 Å². The van der Waals surface area contributed by atoms with Crippen LogP contribution in [0.3, 0.4) is 0 Å². The molecule has 0 aliphatic carbocycles. The lowest BCUT2D eigenvalue weighted by Crippen LogP contribution is -2.41. The molecule has 2 aromatic carbocycles. The second-order valence-electron chi connectivity index (χ2n) is 7.44. The summed E-state index contributed by atoms with van der Waals surface area (Å²) in [5.41, 5.74) is 3.25. The summed E-state index contributed by atoms with van der Waals surface area (Å²) in [4.78, 5) is 25.8. The third-order valence-electron chi connectivity index (χ3n) is 5.25. The summed E-state index contributed by atoms with van der Waals surface area (Å²) in [7, 11) is 1.79. The van der Waals surface area contributed by atoms with Crippen molar-refractivity contribution in [3.8, 4) is 5.75 Å². The number of hydrogen-bond donors (Lipinski definition) is 1. The zero-order valence-electron chi connectivity index (χ0n) is 17.4. The number of fused-ring (bicyclic) bond motifs is 1. The first-order chi connectivity index (χ1) is 15.4. The summed E-state index contributed by atoms with van der Waals surface area (Å²) >= 11 is 6.28. The summed E-state index contributed by atoms with van der Waals surface area (Å²) in [6, 6.07) is 14.0. The molecule has 0 spiro atoms. The molecule has 0 fully saturated rings. The number of amides is 1. The van der Waals surface area contributed by atoms with E-state index in [4.69, 9.17) is 26.2 Å². The van der Waals surface area contributed by atoms with Gasteiger partial charge in [0, 0.05) is 30.4 Å². The molecular formula is C23H22ClN3O5.